The van der Waals surface area contributed by atoms with Crippen LogP contribution in [0.5, 0.6) is 0 Å². The molecule has 7 heteroatoms. The minimum atomic E-state index is -3.19. The standard InChI is InChI=1S/C11H16ClFN2O2S/c1-15(2)18(16,17)6-5-14-8-9-3-4-10(13)7-11(9)12/h3-4,7,14H,5-6,8H2,1-2H3. The molecule has 0 spiro atoms. The highest BCUT2D eigenvalue weighted by Crippen LogP contribution is 2.16. The molecule has 0 amide bonds. The smallest absolute Gasteiger partial charge is 0.214 e. The van der Waals surface area contributed by atoms with Crippen molar-refractivity contribution in [2.75, 3.05) is 26.4 Å². The van der Waals surface area contributed by atoms with E-state index in [9.17, 15) is 12.8 Å². The maximum absolute atomic E-state index is 12.8. The van der Waals surface area contributed by atoms with Gasteiger partial charge in [-0.1, -0.05) is 17.7 Å². The SMILES string of the molecule is CN(C)S(=O)(=O)CCNCc1ccc(F)cc1Cl. The Balaban J connectivity index is 2.43. The average Bonchev–Trinajstić information content (AvgIpc) is 2.26. The number of nitrogens with one attached hydrogen (secondary N) is 1. The molecule has 0 atom stereocenters. The molecule has 0 fully saturated rings. The summed E-state index contributed by atoms with van der Waals surface area (Å²) in [6.07, 6.45) is 0. The monoisotopic (exact) mass is 294 g/mol. The third kappa shape index (κ3) is 4.53. The van der Waals surface area contributed by atoms with Crippen molar-refractivity contribution in [2.24, 2.45) is 0 Å². The molecule has 0 saturated carbocycles. The second kappa shape index (κ2) is 6.47. The summed E-state index contributed by atoms with van der Waals surface area (Å²) in [5.74, 6) is -0.377. The van der Waals surface area contributed by atoms with Crippen LogP contribution >= 0.6 is 11.6 Å². The largest absolute Gasteiger partial charge is 0.312 e. The first kappa shape index (κ1) is 15.4. The van der Waals surface area contributed by atoms with Crippen molar-refractivity contribution in [3.05, 3.63) is 34.6 Å². The molecule has 0 radical (unpaired) electrons. The summed E-state index contributed by atoms with van der Waals surface area (Å²) < 4.78 is 36.9. The minimum absolute atomic E-state index is 0.0127. The van der Waals surface area contributed by atoms with Crippen LogP contribution in [0.25, 0.3) is 0 Å². The molecule has 0 bridgehead atoms. The van der Waals surface area contributed by atoms with Crippen molar-refractivity contribution in [1.29, 1.82) is 0 Å². The van der Waals surface area contributed by atoms with Crippen LogP contribution in [-0.2, 0) is 16.6 Å². The van der Waals surface area contributed by atoms with Gasteiger partial charge in [0, 0.05) is 32.2 Å². The van der Waals surface area contributed by atoms with Gasteiger partial charge in [-0.15, -0.1) is 0 Å². The molecule has 1 rings (SSSR count). The van der Waals surface area contributed by atoms with Crippen molar-refractivity contribution in [2.45, 2.75) is 6.54 Å². The highest BCUT2D eigenvalue weighted by molar-refractivity contribution is 7.89. The number of rotatable bonds is 6. The predicted octanol–water partition coefficient (Wildman–Crippen LogP) is 1.46. The first-order chi connectivity index (χ1) is 8.33. The van der Waals surface area contributed by atoms with E-state index < -0.39 is 10.0 Å². The molecule has 0 saturated heterocycles. The number of hydrogen-bond acceptors (Lipinski definition) is 3. The van der Waals surface area contributed by atoms with Crippen LogP contribution in [-0.4, -0.2) is 39.1 Å². The summed E-state index contributed by atoms with van der Waals surface area (Å²) in [7, 11) is -0.207. The fraction of sp³-hybridized carbons (Fsp3) is 0.455. The predicted molar refractivity (Wildman–Crippen MR) is 70.6 cm³/mol. The topological polar surface area (TPSA) is 49.4 Å². The molecule has 18 heavy (non-hydrogen) atoms. The first-order valence-corrected chi connectivity index (χ1v) is 7.36. The highest BCUT2D eigenvalue weighted by atomic mass is 35.5. The molecule has 4 nitrogen and oxygen atoms in total. The first-order valence-electron chi connectivity index (χ1n) is 5.38. The molecule has 1 N–H and O–H groups in total. The molecule has 0 aromatic heterocycles. The van der Waals surface area contributed by atoms with E-state index >= 15 is 0 Å². The number of hydrogen-bond donors (Lipinski definition) is 1. The van der Waals surface area contributed by atoms with Crippen molar-refractivity contribution < 1.29 is 12.8 Å². The van der Waals surface area contributed by atoms with Gasteiger partial charge in [0.1, 0.15) is 5.82 Å². The second-order valence-electron chi connectivity index (χ2n) is 4.01. The van der Waals surface area contributed by atoms with Gasteiger partial charge >= 0.3 is 0 Å². The van der Waals surface area contributed by atoms with E-state index in [2.05, 4.69) is 5.32 Å². The van der Waals surface area contributed by atoms with Crippen LogP contribution < -0.4 is 5.32 Å². The lowest BCUT2D eigenvalue weighted by Gasteiger charge is -2.12. The van der Waals surface area contributed by atoms with Gasteiger partial charge in [0.25, 0.3) is 0 Å². The van der Waals surface area contributed by atoms with Crippen molar-refractivity contribution in [1.82, 2.24) is 9.62 Å². The zero-order chi connectivity index (χ0) is 13.8. The fourth-order valence-electron chi connectivity index (χ4n) is 1.27. The van der Waals surface area contributed by atoms with Gasteiger partial charge in [0.05, 0.1) is 5.75 Å². The normalized spacial score (nSPS) is 12.1. The van der Waals surface area contributed by atoms with Gasteiger partial charge in [-0.2, -0.15) is 0 Å². The van der Waals surface area contributed by atoms with E-state index in [0.717, 1.165) is 5.56 Å². The number of halogens is 2. The Morgan fingerprint density at radius 3 is 2.61 bits per heavy atom. The van der Waals surface area contributed by atoms with E-state index in [-0.39, 0.29) is 11.6 Å². The maximum atomic E-state index is 12.8. The Hall–Kier alpha value is -0.690. The Morgan fingerprint density at radius 2 is 2.06 bits per heavy atom. The van der Waals surface area contributed by atoms with Gasteiger partial charge in [-0.3, -0.25) is 0 Å². The van der Waals surface area contributed by atoms with Crippen molar-refractivity contribution in [3.63, 3.8) is 0 Å². The lowest BCUT2D eigenvalue weighted by molar-refractivity contribution is 0.517. The van der Waals surface area contributed by atoms with Gasteiger partial charge in [0.15, 0.2) is 0 Å². The van der Waals surface area contributed by atoms with Crippen LogP contribution in [0.1, 0.15) is 5.56 Å². The van der Waals surface area contributed by atoms with Crippen molar-refractivity contribution in [3.8, 4) is 0 Å². The van der Waals surface area contributed by atoms with Gasteiger partial charge in [0.2, 0.25) is 10.0 Å². The zero-order valence-corrected chi connectivity index (χ0v) is 11.9. The van der Waals surface area contributed by atoms with Crippen LogP contribution in [0.2, 0.25) is 5.02 Å². The summed E-state index contributed by atoms with van der Waals surface area (Å²) in [5.41, 5.74) is 0.736. The average molecular weight is 295 g/mol. The Kier molecular flexibility index (Phi) is 5.52. The molecule has 0 aliphatic heterocycles. The molecule has 0 aliphatic rings. The van der Waals surface area contributed by atoms with Crippen LogP contribution in [0, 0.1) is 5.82 Å². The molecule has 102 valence electrons. The highest BCUT2D eigenvalue weighted by Gasteiger charge is 2.12. The van der Waals surface area contributed by atoms with Crippen molar-refractivity contribution >= 4 is 21.6 Å². The van der Waals surface area contributed by atoms with Gasteiger partial charge < -0.3 is 5.32 Å². The molecule has 1 aromatic carbocycles. The zero-order valence-electron chi connectivity index (χ0n) is 10.3. The van der Waals surface area contributed by atoms with Gasteiger partial charge in [-0.25, -0.2) is 17.1 Å². The number of sulfonamides is 1. The van der Waals surface area contributed by atoms with E-state index in [1.54, 1.807) is 6.07 Å². The Morgan fingerprint density at radius 1 is 1.39 bits per heavy atom. The molecular formula is C11H16ClFN2O2S. The van der Waals surface area contributed by atoms with Crippen LogP contribution in [0.15, 0.2) is 18.2 Å². The lowest BCUT2D eigenvalue weighted by atomic mass is 10.2. The summed E-state index contributed by atoms with van der Waals surface area (Å²) in [6, 6.07) is 4.12. The number of nitrogens with zero attached hydrogens (tertiary/aromatic N) is 1. The quantitative estimate of drug-likeness (QED) is 0.808. The lowest BCUT2D eigenvalue weighted by Crippen LogP contribution is -2.31. The number of benzene rings is 1. The Bertz CT molecular complexity index is 506. The van der Waals surface area contributed by atoms with Gasteiger partial charge in [-0.05, 0) is 17.7 Å². The maximum Gasteiger partial charge on any atom is 0.214 e. The molecule has 0 unspecified atom stereocenters. The van der Waals surface area contributed by atoms with E-state index in [4.69, 9.17) is 11.6 Å². The molecule has 0 heterocycles. The fourth-order valence-corrected chi connectivity index (χ4v) is 2.27. The van der Waals surface area contributed by atoms with E-state index in [0.29, 0.717) is 18.1 Å². The summed E-state index contributed by atoms with van der Waals surface area (Å²) >= 11 is 5.84. The summed E-state index contributed by atoms with van der Waals surface area (Å²) in [6.45, 7) is 0.719. The minimum Gasteiger partial charge on any atom is -0.312 e. The van der Waals surface area contributed by atoms with E-state index in [1.165, 1.54) is 30.5 Å². The second-order valence-corrected chi connectivity index (χ2v) is 6.72. The molecule has 1 aromatic rings. The third-order valence-electron chi connectivity index (χ3n) is 2.42. The van der Waals surface area contributed by atoms with Crippen LogP contribution in [0.3, 0.4) is 0 Å². The van der Waals surface area contributed by atoms with E-state index in [1.807, 2.05) is 0 Å². The summed E-state index contributed by atoms with van der Waals surface area (Å²) in [5, 5.41) is 3.29. The summed E-state index contributed by atoms with van der Waals surface area (Å²) in [4.78, 5) is 0. The molecular weight excluding hydrogens is 279 g/mol. The van der Waals surface area contributed by atoms with Crippen LogP contribution in [0.4, 0.5) is 4.39 Å². The molecule has 0 aliphatic carbocycles. The Labute approximate surface area is 112 Å². The third-order valence-corrected chi connectivity index (χ3v) is 4.61.